The van der Waals surface area contributed by atoms with Gasteiger partial charge >= 0.3 is 0 Å². The molecular formula is C26H25NO3. The average molecular weight is 399 g/mol. The Morgan fingerprint density at radius 1 is 0.867 bits per heavy atom. The van der Waals surface area contributed by atoms with Gasteiger partial charge in [0, 0.05) is 24.7 Å². The number of carbonyl (C=O) groups excluding carboxylic acids is 1. The van der Waals surface area contributed by atoms with E-state index in [1.165, 1.54) is 5.56 Å². The van der Waals surface area contributed by atoms with Gasteiger partial charge in [0.25, 0.3) is 0 Å². The van der Waals surface area contributed by atoms with Crippen molar-refractivity contribution >= 4 is 11.4 Å². The minimum atomic E-state index is -0.0297. The summed E-state index contributed by atoms with van der Waals surface area (Å²) in [5, 5.41) is 0. The number of ketones is 1. The van der Waals surface area contributed by atoms with E-state index in [0.29, 0.717) is 6.42 Å². The standard InChI is InChI=1S/C26H25NO3/c1-29-22-13-11-20(12-14-22)25-16-26(28)24(21-9-6-10-23(15-21)30-2)18-27(25)17-19-7-4-3-5-8-19/h3-15,18,25H,16-17H2,1-2H3. The predicted octanol–water partition coefficient (Wildman–Crippen LogP) is 5.26. The van der Waals surface area contributed by atoms with Crippen LogP contribution in [0.5, 0.6) is 11.5 Å². The summed E-state index contributed by atoms with van der Waals surface area (Å²) in [7, 11) is 3.29. The minimum absolute atomic E-state index is 0.0297. The van der Waals surface area contributed by atoms with Crippen molar-refractivity contribution < 1.29 is 14.3 Å². The normalized spacial score (nSPS) is 16.2. The molecule has 3 aromatic carbocycles. The van der Waals surface area contributed by atoms with E-state index in [4.69, 9.17) is 9.47 Å². The molecule has 0 fully saturated rings. The second-order valence-electron chi connectivity index (χ2n) is 7.35. The molecule has 4 nitrogen and oxygen atoms in total. The third-order valence-corrected chi connectivity index (χ3v) is 5.46. The van der Waals surface area contributed by atoms with Gasteiger partial charge in [0.05, 0.1) is 20.3 Å². The first-order chi connectivity index (χ1) is 14.7. The van der Waals surface area contributed by atoms with E-state index in [1.54, 1.807) is 14.2 Å². The summed E-state index contributed by atoms with van der Waals surface area (Å²) in [6, 6.07) is 25.9. The molecule has 0 saturated carbocycles. The topological polar surface area (TPSA) is 38.8 Å². The molecule has 4 heteroatoms. The molecule has 1 heterocycles. The summed E-state index contributed by atoms with van der Waals surface area (Å²) in [5.74, 6) is 1.68. The van der Waals surface area contributed by atoms with Gasteiger partial charge < -0.3 is 14.4 Å². The molecule has 0 saturated heterocycles. The first kappa shape index (κ1) is 19.8. The Labute approximate surface area is 177 Å². The van der Waals surface area contributed by atoms with Gasteiger partial charge in [-0.15, -0.1) is 0 Å². The maximum absolute atomic E-state index is 13.1. The average Bonchev–Trinajstić information content (AvgIpc) is 2.81. The SMILES string of the molecule is COc1ccc(C2CC(=O)C(c3cccc(OC)c3)=CN2Cc2ccccc2)cc1. The van der Waals surface area contributed by atoms with E-state index in [9.17, 15) is 4.79 Å². The molecule has 0 N–H and O–H groups in total. The lowest BCUT2D eigenvalue weighted by molar-refractivity contribution is -0.115. The summed E-state index contributed by atoms with van der Waals surface area (Å²) in [4.78, 5) is 15.4. The second kappa shape index (κ2) is 8.87. The molecule has 1 atom stereocenters. The van der Waals surface area contributed by atoms with Crippen LogP contribution in [0.4, 0.5) is 0 Å². The monoisotopic (exact) mass is 399 g/mol. The van der Waals surface area contributed by atoms with Crippen LogP contribution >= 0.6 is 0 Å². The number of allylic oxidation sites excluding steroid dienone is 1. The highest BCUT2D eigenvalue weighted by Crippen LogP contribution is 2.36. The first-order valence-corrected chi connectivity index (χ1v) is 10.0. The summed E-state index contributed by atoms with van der Waals surface area (Å²) < 4.78 is 10.6. The number of rotatable bonds is 6. The Hall–Kier alpha value is -3.53. The largest absolute Gasteiger partial charge is 0.497 e. The first-order valence-electron chi connectivity index (χ1n) is 10.0. The quantitative estimate of drug-likeness (QED) is 0.567. The number of benzene rings is 3. The molecular weight excluding hydrogens is 374 g/mol. The highest BCUT2D eigenvalue weighted by molar-refractivity contribution is 6.21. The van der Waals surface area contributed by atoms with E-state index in [2.05, 4.69) is 17.0 Å². The van der Waals surface area contributed by atoms with Crippen LogP contribution in [0.15, 0.2) is 85.1 Å². The second-order valence-corrected chi connectivity index (χ2v) is 7.35. The number of Topliss-reactive ketones (excluding diaryl/α,β-unsaturated/α-hetero) is 1. The molecule has 4 rings (SSSR count). The molecule has 3 aromatic rings. The fourth-order valence-electron chi connectivity index (χ4n) is 3.84. The molecule has 1 unspecified atom stereocenters. The highest BCUT2D eigenvalue weighted by Gasteiger charge is 2.29. The number of ether oxygens (including phenoxy) is 2. The summed E-state index contributed by atoms with van der Waals surface area (Å²) in [6.45, 7) is 0.721. The Morgan fingerprint density at radius 2 is 1.60 bits per heavy atom. The zero-order chi connectivity index (χ0) is 20.9. The van der Waals surface area contributed by atoms with E-state index in [0.717, 1.165) is 34.7 Å². The van der Waals surface area contributed by atoms with Crippen LogP contribution in [0.25, 0.3) is 5.57 Å². The van der Waals surface area contributed by atoms with E-state index < -0.39 is 0 Å². The van der Waals surface area contributed by atoms with Crippen molar-refractivity contribution in [1.29, 1.82) is 0 Å². The minimum Gasteiger partial charge on any atom is -0.497 e. The molecule has 1 aliphatic rings. The Balaban J connectivity index is 1.73. The fraction of sp³-hybridized carbons (Fsp3) is 0.192. The molecule has 0 bridgehead atoms. The third-order valence-electron chi connectivity index (χ3n) is 5.46. The number of hydrogen-bond acceptors (Lipinski definition) is 4. The number of hydrogen-bond donors (Lipinski definition) is 0. The van der Waals surface area contributed by atoms with Crippen molar-refractivity contribution in [2.75, 3.05) is 14.2 Å². The van der Waals surface area contributed by atoms with Crippen molar-refractivity contribution in [2.24, 2.45) is 0 Å². The summed E-state index contributed by atoms with van der Waals surface area (Å²) in [5.41, 5.74) is 3.90. The predicted molar refractivity (Wildman–Crippen MR) is 118 cm³/mol. The van der Waals surface area contributed by atoms with Crippen LogP contribution in [0.2, 0.25) is 0 Å². The smallest absolute Gasteiger partial charge is 0.167 e. The molecule has 152 valence electrons. The van der Waals surface area contributed by atoms with Gasteiger partial charge in [-0.25, -0.2) is 0 Å². The highest BCUT2D eigenvalue weighted by atomic mass is 16.5. The lowest BCUT2D eigenvalue weighted by atomic mass is 9.89. The Bertz CT molecular complexity index is 1040. The van der Waals surface area contributed by atoms with Crippen molar-refractivity contribution in [3.63, 3.8) is 0 Å². The van der Waals surface area contributed by atoms with Gasteiger partial charge in [0.2, 0.25) is 0 Å². The molecule has 0 radical (unpaired) electrons. The molecule has 0 aliphatic carbocycles. The lowest BCUT2D eigenvalue weighted by Crippen LogP contribution is -2.30. The van der Waals surface area contributed by atoms with Crippen LogP contribution in [0.1, 0.15) is 29.2 Å². The third kappa shape index (κ3) is 4.23. The number of nitrogens with zero attached hydrogens (tertiary/aromatic N) is 1. The van der Waals surface area contributed by atoms with E-state index in [1.807, 2.05) is 72.9 Å². The van der Waals surface area contributed by atoms with Crippen molar-refractivity contribution in [1.82, 2.24) is 4.90 Å². The van der Waals surface area contributed by atoms with Crippen LogP contribution in [0.3, 0.4) is 0 Å². The zero-order valence-electron chi connectivity index (χ0n) is 17.2. The number of carbonyl (C=O) groups is 1. The van der Waals surface area contributed by atoms with Crippen LogP contribution in [-0.2, 0) is 11.3 Å². The number of methoxy groups -OCH3 is 2. The van der Waals surface area contributed by atoms with Gasteiger partial charge in [-0.05, 0) is 41.0 Å². The van der Waals surface area contributed by atoms with Crippen LogP contribution in [-0.4, -0.2) is 24.9 Å². The van der Waals surface area contributed by atoms with Crippen LogP contribution < -0.4 is 9.47 Å². The molecule has 0 amide bonds. The molecule has 1 aliphatic heterocycles. The van der Waals surface area contributed by atoms with Gasteiger partial charge in [0.15, 0.2) is 5.78 Å². The van der Waals surface area contributed by atoms with Crippen LogP contribution in [0, 0.1) is 0 Å². The van der Waals surface area contributed by atoms with Crippen molar-refractivity contribution in [3.05, 3.63) is 102 Å². The summed E-state index contributed by atoms with van der Waals surface area (Å²) >= 11 is 0. The van der Waals surface area contributed by atoms with E-state index >= 15 is 0 Å². The van der Waals surface area contributed by atoms with Gasteiger partial charge in [-0.1, -0.05) is 54.6 Å². The van der Waals surface area contributed by atoms with Crippen molar-refractivity contribution in [3.8, 4) is 11.5 Å². The summed E-state index contributed by atoms with van der Waals surface area (Å²) in [6.07, 6.45) is 2.42. The Kier molecular flexibility index (Phi) is 5.84. The van der Waals surface area contributed by atoms with Gasteiger partial charge in [-0.2, -0.15) is 0 Å². The van der Waals surface area contributed by atoms with E-state index in [-0.39, 0.29) is 11.8 Å². The maximum atomic E-state index is 13.1. The van der Waals surface area contributed by atoms with Crippen molar-refractivity contribution in [2.45, 2.75) is 19.0 Å². The molecule has 0 spiro atoms. The fourth-order valence-corrected chi connectivity index (χ4v) is 3.84. The van der Waals surface area contributed by atoms with Gasteiger partial charge in [-0.3, -0.25) is 4.79 Å². The zero-order valence-corrected chi connectivity index (χ0v) is 17.2. The lowest BCUT2D eigenvalue weighted by Gasteiger charge is -2.35. The molecule has 0 aromatic heterocycles. The maximum Gasteiger partial charge on any atom is 0.167 e. The Morgan fingerprint density at radius 3 is 2.30 bits per heavy atom. The molecule has 30 heavy (non-hydrogen) atoms. The van der Waals surface area contributed by atoms with Gasteiger partial charge in [0.1, 0.15) is 11.5 Å².